The summed E-state index contributed by atoms with van der Waals surface area (Å²) in [4.78, 5) is 11.9. The van der Waals surface area contributed by atoms with E-state index in [9.17, 15) is 4.79 Å². The number of ketones is 1. The van der Waals surface area contributed by atoms with Crippen molar-refractivity contribution in [3.05, 3.63) is 34.3 Å². The first-order valence-electron chi connectivity index (χ1n) is 5.29. The largest absolute Gasteiger partial charge is 0.299 e. The van der Waals surface area contributed by atoms with Crippen LogP contribution in [0.15, 0.2) is 28.7 Å². The van der Waals surface area contributed by atoms with E-state index in [1.54, 1.807) is 0 Å². The standard InChI is InChI=1S/C13H15BrO/c1-13(2)8-7-11(15)12(13)9-3-5-10(14)6-4-9/h3-6,12H,7-8H2,1-2H3. The highest BCUT2D eigenvalue weighted by molar-refractivity contribution is 9.10. The molecule has 0 bridgehead atoms. The Morgan fingerprint density at radius 1 is 1.27 bits per heavy atom. The van der Waals surface area contributed by atoms with Gasteiger partial charge in [-0.05, 0) is 29.5 Å². The first-order chi connectivity index (χ1) is 7.00. The van der Waals surface area contributed by atoms with Gasteiger partial charge >= 0.3 is 0 Å². The third kappa shape index (κ3) is 2.00. The van der Waals surface area contributed by atoms with E-state index in [0.29, 0.717) is 5.78 Å². The minimum atomic E-state index is 0.0885. The number of hydrogen-bond acceptors (Lipinski definition) is 1. The molecule has 0 saturated heterocycles. The summed E-state index contributed by atoms with van der Waals surface area (Å²) in [7, 11) is 0. The average Bonchev–Trinajstić information content (AvgIpc) is 2.43. The van der Waals surface area contributed by atoms with Gasteiger partial charge in [-0.1, -0.05) is 41.9 Å². The summed E-state index contributed by atoms with van der Waals surface area (Å²) in [5, 5.41) is 0. The van der Waals surface area contributed by atoms with Crippen molar-refractivity contribution in [2.45, 2.75) is 32.6 Å². The zero-order valence-electron chi connectivity index (χ0n) is 9.09. The van der Waals surface area contributed by atoms with Crippen molar-refractivity contribution in [1.82, 2.24) is 0 Å². The van der Waals surface area contributed by atoms with E-state index >= 15 is 0 Å². The van der Waals surface area contributed by atoms with Crippen LogP contribution in [-0.4, -0.2) is 5.78 Å². The Kier molecular flexibility index (Phi) is 2.72. The van der Waals surface area contributed by atoms with E-state index < -0.39 is 0 Å². The van der Waals surface area contributed by atoms with E-state index in [1.165, 1.54) is 0 Å². The third-order valence-corrected chi connectivity index (χ3v) is 3.85. The fourth-order valence-electron chi connectivity index (χ4n) is 2.46. The summed E-state index contributed by atoms with van der Waals surface area (Å²) in [5.41, 5.74) is 1.27. The maximum absolute atomic E-state index is 11.9. The van der Waals surface area contributed by atoms with Crippen LogP contribution in [0.4, 0.5) is 0 Å². The second kappa shape index (κ2) is 3.75. The van der Waals surface area contributed by atoms with Gasteiger partial charge in [-0.25, -0.2) is 0 Å². The normalized spacial score (nSPS) is 24.5. The van der Waals surface area contributed by atoms with Crippen molar-refractivity contribution in [3.63, 3.8) is 0 Å². The van der Waals surface area contributed by atoms with E-state index in [0.717, 1.165) is 22.9 Å². The highest BCUT2D eigenvalue weighted by atomic mass is 79.9. The predicted molar refractivity (Wildman–Crippen MR) is 64.9 cm³/mol. The number of carbonyl (C=O) groups is 1. The molecular formula is C13H15BrO. The van der Waals surface area contributed by atoms with Crippen LogP contribution in [-0.2, 0) is 4.79 Å². The molecule has 1 saturated carbocycles. The van der Waals surface area contributed by atoms with Crippen LogP contribution in [0.3, 0.4) is 0 Å². The zero-order chi connectivity index (χ0) is 11.1. The van der Waals surface area contributed by atoms with Crippen LogP contribution in [0.2, 0.25) is 0 Å². The monoisotopic (exact) mass is 266 g/mol. The van der Waals surface area contributed by atoms with Crippen LogP contribution in [0.5, 0.6) is 0 Å². The van der Waals surface area contributed by atoms with Gasteiger partial charge < -0.3 is 0 Å². The number of carbonyl (C=O) groups excluding carboxylic acids is 1. The lowest BCUT2D eigenvalue weighted by Crippen LogP contribution is -2.19. The topological polar surface area (TPSA) is 17.1 Å². The maximum Gasteiger partial charge on any atom is 0.140 e. The van der Waals surface area contributed by atoms with Crippen molar-refractivity contribution in [3.8, 4) is 0 Å². The Bertz CT molecular complexity index is 378. The molecule has 2 heteroatoms. The van der Waals surface area contributed by atoms with Gasteiger partial charge in [0.15, 0.2) is 0 Å². The highest BCUT2D eigenvalue weighted by Crippen LogP contribution is 2.46. The van der Waals surface area contributed by atoms with Crippen LogP contribution >= 0.6 is 15.9 Å². The molecule has 1 aromatic rings. The second-order valence-corrected chi connectivity index (χ2v) is 5.86. The van der Waals surface area contributed by atoms with Gasteiger partial charge in [0.25, 0.3) is 0 Å². The fourth-order valence-corrected chi connectivity index (χ4v) is 2.73. The van der Waals surface area contributed by atoms with Crippen LogP contribution in [0.1, 0.15) is 38.2 Å². The lowest BCUT2D eigenvalue weighted by atomic mass is 9.77. The highest BCUT2D eigenvalue weighted by Gasteiger charge is 2.41. The minimum absolute atomic E-state index is 0.0885. The van der Waals surface area contributed by atoms with Crippen molar-refractivity contribution in [2.24, 2.45) is 5.41 Å². The summed E-state index contributed by atoms with van der Waals surface area (Å²) in [6, 6.07) is 8.13. The molecule has 1 unspecified atom stereocenters. The summed E-state index contributed by atoms with van der Waals surface area (Å²) >= 11 is 3.41. The summed E-state index contributed by atoms with van der Waals surface area (Å²) in [6.07, 6.45) is 1.74. The van der Waals surface area contributed by atoms with E-state index in [2.05, 4.69) is 41.9 Å². The first kappa shape index (κ1) is 10.9. The lowest BCUT2D eigenvalue weighted by molar-refractivity contribution is -0.119. The second-order valence-electron chi connectivity index (χ2n) is 4.94. The smallest absolute Gasteiger partial charge is 0.140 e. The molecule has 0 spiro atoms. The Morgan fingerprint density at radius 2 is 1.87 bits per heavy atom. The van der Waals surface area contributed by atoms with E-state index in [1.807, 2.05) is 12.1 Å². The van der Waals surface area contributed by atoms with Gasteiger partial charge in [0.2, 0.25) is 0 Å². The molecule has 0 aromatic heterocycles. The summed E-state index contributed by atoms with van der Waals surface area (Å²) in [5.74, 6) is 0.480. The summed E-state index contributed by atoms with van der Waals surface area (Å²) in [6.45, 7) is 4.37. The van der Waals surface area contributed by atoms with Crippen LogP contribution in [0, 0.1) is 5.41 Å². The van der Waals surface area contributed by atoms with Crippen molar-refractivity contribution in [1.29, 1.82) is 0 Å². The van der Waals surface area contributed by atoms with Gasteiger partial charge in [0.05, 0.1) is 0 Å². The van der Waals surface area contributed by atoms with Crippen LogP contribution in [0.25, 0.3) is 0 Å². The maximum atomic E-state index is 11.9. The molecule has 1 atom stereocenters. The van der Waals surface area contributed by atoms with Crippen molar-refractivity contribution >= 4 is 21.7 Å². The lowest BCUT2D eigenvalue weighted by Gasteiger charge is -2.25. The molecule has 0 N–H and O–H groups in total. The molecule has 0 heterocycles. The van der Waals surface area contributed by atoms with Gasteiger partial charge in [0, 0.05) is 16.8 Å². The molecule has 0 amide bonds. The number of hydrogen-bond donors (Lipinski definition) is 0. The molecule has 1 aliphatic rings. The first-order valence-corrected chi connectivity index (χ1v) is 6.08. The Hall–Kier alpha value is -0.630. The van der Waals surface area contributed by atoms with Gasteiger partial charge in [-0.3, -0.25) is 4.79 Å². The SMILES string of the molecule is CC1(C)CCC(=O)C1c1ccc(Br)cc1. The molecule has 80 valence electrons. The quantitative estimate of drug-likeness (QED) is 0.753. The minimum Gasteiger partial charge on any atom is -0.299 e. The number of rotatable bonds is 1. The van der Waals surface area contributed by atoms with Gasteiger partial charge in [-0.15, -0.1) is 0 Å². The Balaban J connectivity index is 2.37. The van der Waals surface area contributed by atoms with E-state index in [4.69, 9.17) is 0 Å². The molecule has 0 aliphatic heterocycles. The number of benzene rings is 1. The van der Waals surface area contributed by atoms with Crippen LogP contribution < -0.4 is 0 Å². The average molecular weight is 267 g/mol. The molecule has 1 aromatic carbocycles. The molecule has 0 radical (unpaired) electrons. The van der Waals surface area contributed by atoms with Gasteiger partial charge in [0.1, 0.15) is 5.78 Å². The van der Waals surface area contributed by atoms with E-state index in [-0.39, 0.29) is 11.3 Å². The molecule has 1 fully saturated rings. The molecule has 2 rings (SSSR count). The predicted octanol–water partition coefficient (Wildman–Crippen LogP) is 3.92. The van der Waals surface area contributed by atoms with Crippen molar-refractivity contribution in [2.75, 3.05) is 0 Å². The Labute approximate surface area is 99.0 Å². The van der Waals surface area contributed by atoms with Crippen molar-refractivity contribution < 1.29 is 4.79 Å². The molecular weight excluding hydrogens is 252 g/mol. The molecule has 1 nitrogen and oxygen atoms in total. The Morgan fingerprint density at radius 3 is 2.33 bits per heavy atom. The number of Topliss-reactive ketones (excluding diaryl/α,β-unsaturated/α-hetero) is 1. The molecule has 1 aliphatic carbocycles. The summed E-state index contributed by atoms with van der Waals surface area (Å²) < 4.78 is 1.06. The molecule has 15 heavy (non-hydrogen) atoms. The third-order valence-electron chi connectivity index (χ3n) is 3.32. The zero-order valence-corrected chi connectivity index (χ0v) is 10.7. The van der Waals surface area contributed by atoms with Gasteiger partial charge in [-0.2, -0.15) is 0 Å². The number of halogens is 1. The fraction of sp³-hybridized carbons (Fsp3) is 0.462.